The lowest BCUT2D eigenvalue weighted by atomic mass is 9.97. The third-order valence-corrected chi connectivity index (χ3v) is 4.18. The normalized spacial score (nSPS) is 16.5. The van der Waals surface area contributed by atoms with E-state index in [4.69, 9.17) is 4.74 Å². The molecule has 1 aromatic rings. The lowest BCUT2D eigenvalue weighted by Crippen LogP contribution is -2.38. The van der Waals surface area contributed by atoms with Crippen LogP contribution in [-0.2, 0) is 16.6 Å². The number of esters is 1. The fraction of sp³-hybridized carbons (Fsp3) is 0.583. The van der Waals surface area contributed by atoms with Gasteiger partial charge in [-0.2, -0.15) is 5.10 Å². The maximum absolute atomic E-state index is 11.8. The van der Waals surface area contributed by atoms with E-state index < -0.39 is 0 Å². The lowest BCUT2D eigenvalue weighted by Gasteiger charge is -2.32. The van der Waals surface area contributed by atoms with E-state index in [2.05, 4.69) is 25.9 Å². The molecule has 0 spiro atoms. The Labute approximate surface area is 119 Å². The molecule has 0 unspecified atom stereocenters. The number of carbonyl (C=O) groups is 1. The number of rotatable bonds is 2. The Bertz CT molecular complexity index is 536. The molecule has 104 valence electrons. The Hall–Kier alpha value is -1.37. The number of aromatic nitrogens is 2. The molecule has 0 aromatic carbocycles. The predicted molar refractivity (Wildman–Crippen MR) is 74.1 cm³/mol. The molecule has 1 aliphatic heterocycles. The van der Waals surface area contributed by atoms with Crippen LogP contribution in [0.5, 0.6) is 0 Å². The number of halogens is 1. The van der Waals surface area contributed by atoms with Gasteiger partial charge < -0.3 is 9.64 Å². The number of anilines is 1. The molecule has 1 aromatic heterocycles. The van der Waals surface area contributed by atoms with E-state index >= 15 is 0 Å². The van der Waals surface area contributed by atoms with Crippen LogP contribution in [0, 0.1) is 5.92 Å². The molecule has 7 heteroatoms. The van der Waals surface area contributed by atoms with E-state index in [1.807, 2.05) is 0 Å². The van der Waals surface area contributed by atoms with Crippen LogP contribution in [0.25, 0.3) is 0 Å². The molecular formula is C12H16BrN3O3. The Morgan fingerprint density at radius 1 is 1.47 bits per heavy atom. The highest BCUT2D eigenvalue weighted by Gasteiger charge is 2.27. The van der Waals surface area contributed by atoms with Gasteiger partial charge in [-0.3, -0.25) is 9.59 Å². The Balaban J connectivity index is 2.12. The Kier molecular flexibility index (Phi) is 4.24. The van der Waals surface area contributed by atoms with Gasteiger partial charge in [0.25, 0.3) is 5.56 Å². The summed E-state index contributed by atoms with van der Waals surface area (Å²) in [6.07, 6.45) is 3.13. The first-order valence-corrected chi connectivity index (χ1v) is 6.88. The van der Waals surface area contributed by atoms with Gasteiger partial charge in [0.1, 0.15) is 4.47 Å². The van der Waals surface area contributed by atoms with Crippen molar-refractivity contribution in [3.63, 3.8) is 0 Å². The number of hydrogen-bond acceptors (Lipinski definition) is 5. The predicted octanol–water partition coefficient (Wildman–Crippen LogP) is 0.932. The SMILES string of the molecule is COC(=O)C1CCN(c2cnn(C)c(=O)c2Br)CC1. The topological polar surface area (TPSA) is 64.4 Å². The van der Waals surface area contributed by atoms with Crippen LogP contribution >= 0.6 is 15.9 Å². The number of hydrogen-bond donors (Lipinski definition) is 0. The second-order valence-corrected chi connectivity index (χ2v) is 5.35. The van der Waals surface area contributed by atoms with Gasteiger partial charge in [-0.25, -0.2) is 4.68 Å². The Morgan fingerprint density at radius 3 is 2.68 bits per heavy atom. The fourth-order valence-electron chi connectivity index (χ4n) is 2.25. The quantitative estimate of drug-likeness (QED) is 0.755. The van der Waals surface area contributed by atoms with Crippen molar-refractivity contribution >= 4 is 27.6 Å². The van der Waals surface area contributed by atoms with Crippen LogP contribution in [-0.4, -0.2) is 35.9 Å². The molecule has 6 nitrogen and oxygen atoms in total. The monoisotopic (exact) mass is 329 g/mol. The summed E-state index contributed by atoms with van der Waals surface area (Å²) < 4.78 is 6.56. The van der Waals surface area contributed by atoms with Crippen LogP contribution in [0.2, 0.25) is 0 Å². The number of ether oxygens (including phenoxy) is 1. The highest BCUT2D eigenvalue weighted by Crippen LogP contribution is 2.27. The molecule has 0 atom stereocenters. The van der Waals surface area contributed by atoms with E-state index in [-0.39, 0.29) is 17.4 Å². The van der Waals surface area contributed by atoms with E-state index in [1.54, 1.807) is 13.2 Å². The van der Waals surface area contributed by atoms with Gasteiger partial charge in [0.2, 0.25) is 0 Å². The van der Waals surface area contributed by atoms with E-state index in [1.165, 1.54) is 11.8 Å². The number of methoxy groups -OCH3 is 1. The van der Waals surface area contributed by atoms with Gasteiger partial charge in [-0.1, -0.05) is 0 Å². The summed E-state index contributed by atoms with van der Waals surface area (Å²) in [4.78, 5) is 25.3. The first-order chi connectivity index (χ1) is 9.04. The first kappa shape index (κ1) is 14.0. The standard InChI is InChI=1S/C12H16BrN3O3/c1-15-11(17)10(13)9(7-14-15)16-5-3-8(4-6-16)12(18)19-2/h7-8H,3-6H2,1-2H3. The van der Waals surface area contributed by atoms with E-state index in [0.717, 1.165) is 18.5 Å². The molecule has 1 saturated heterocycles. The molecule has 2 rings (SSSR count). The van der Waals surface area contributed by atoms with Gasteiger partial charge in [0, 0.05) is 20.1 Å². The lowest BCUT2D eigenvalue weighted by molar-refractivity contribution is -0.146. The molecule has 1 fully saturated rings. The zero-order chi connectivity index (χ0) is 14.0. The summed E-state index contributed by atoms with van der Waals surface area (Å²) in [6.45, 7) is 1.43. The maximum atomic E-state index is 11.8. The molecule has 0 radical (unpaired) electrons. The zero-order valence-corrected chi connectivity index (χ0v) is 12.5. The second-order valence-electron chi connectivity index (χ2n) is 4.56. The highest BCUT2D eigenvalue weighted by molar-refractivity contribution is 9.10. The summed E-state index contributed by atoms with van der Waals surface area (Å²) in [5, 5.41) is 4.03. The van der Waals surface area contributed by atoms with Crippen LogP contribution in [0.15, 0.2) is 15.5 Å². The van der Waals surface area contributed by atoms with Crippen molar-refractivity contribution in [1.29, 1.82) is 0 Å². The largest absolute Gasteiger partial charge is 0.469 e. The average Bonchev–Trinajstić information content (AvgIpc) is 2.44. The summed E-state index contributed by atoms with van der Waals surface area (Å²) in [7, 11) is 3.02. The third kappa shape index (κ3) is 2.80. The number of aryl methyl sites for hydroxylation is 1. The molecule has 19 heavy (non-hydrogen) atoms. The molecule has 0 bridgehead atoms. The minimum absolute atomic E-state index is 0.0421. The summed E-state index contributed by atoms with van der Waals surface area (Å²) in [6, 6.07) is 0. The number of piperidine rings is 1. The van der Waals surface area contributed by atoms with Gasteiger partial charge in [0.15, 0.2) is 0 Å². The highest BCUT2D eigenvalue weighted by atomic mass is 79.9. The van der Waals surface area contributed by atoms with Crippen LogP contribution in [0.1, 0.15) is 12.8 Å². The molecule has 2 heterocycles. The van der Waals surface area contributed by atoms with Gasteiger partial charge >= 0.3 is 5.97 Å². The molecule has 0 amide bonds. The van der Waals surface area contributed by atoms with Crippen LogP contribution in [0.3, 0.4) is 0 Å². The van der Waals surface area contributed by atoms with Crippen LogP contribution < -0.4 is 10.5 Å². The number of carbonyl (C=O) groups excluding carboxylic acids is 1. The maximum Gasteiger partial charge on any atom is 0.308 e. The molecular weight excluding hydrogens is 314 g/mol. The molecule has 1 aliphatic rings. The number of nitrogens with zero attached hydrogens (tertiary/aromatic N) is 3. The van der Waals surface area contributed by atoms with Crippen molar-refractivity contribution in [2.75, 3.05) is 25.1 Å². The zero-order valence-electron chi connectivity index (χ0n) is 10.9. The fourth-order valence-corrected chi connectivity index (χ4v) is 2.86. The molecule has 0 saturated carbocycles. The minimum Gasteiger partial charge on any atom is -0.469 e. The van der Waals surface area contributed by atoms with E-state index in [0.29, 0.717) is 17.6 Å². The minimum atomic E-state index is -0.160. The second kappa shape index (κ2) is 5.73. The van der Waals surface area contributed by atoms with Crippen molar-refractivity contribution in [2.45, 2.75) is 12.8 Å². The van der Waals surface area contributed by atoms with Crippen molar-refractivity contribution in [3.8, 4) is 0 Å². The Morgan fingerprint density at radius 2 is 2.11 bits per heavy atom. The van der Waals surface area contributed by atoms with Gasteiger partial charge in [0.05, 0.1) is 24.9 Å². The van der Waals surface area contributed by atoms with Crippen molar-refractivity contribution in [2.24, 2.45) is 13.0 Å². The third-order valence-electron chi connectivity index (χ3n) is 3.43. The van der Waals surface area contributed by atoms with Crippen molar-refractivity contribution in [1.82, 2.24) is 9.78 Å². The summed E-state index contributed by atoms with van der Waals surface area (Å²) in [5.41, 5.74) is 0.624. The first-order valence-electron chi connectivity index (χ1n) is 6.09. The summed E-state index contributed by atoms with van der Waals surface area (Å²) in [5.74, 6) is -0.194. The molecule has 0 N–H and O–H groups in total. The average molecular weight is 330 g/mol. The van der Waals surface area contributed by atoms with Gasteiger partial charge in [-0.05, 0) is 28.8 Å². The van der Waals surface area contributed by atoms with Crippen molar-refractivity contribution < 1.29 is 9.53 Å². The van der Waals surface area contributed by atoms with Gasteiger partial charge in [-0.15, -0.1) is 0 Å². The summed E-state index contributed by atoms with van der Waals surface area (Å²) >= 11 is 3.32. The smallest absolute Gasteiger partial charge is 0.308 e. The van der Waals surface area contributed by atoms with Crippen molar-refractivity contribution in [3.05, 3.63) is 21.0 Å². The van der Waals surface area contributed by atoms with Crippen LogP contribution in [0.4, 0.5) is 5.69 Å². The van der Waals surface area contributed by atoms with E-state index in [9.17, 15) is 9.59 Å². The molecule has 0 aliphatic carbocycles.